The Hall–Kier alpha value is -1.68. The number of fused-ring (bicyclic) bond motifs is 1. The first-order valence-corrected chi connectivity index (χ1v) is 7.74. The molecule has 20 heavy (non-hydrogen) atoms. The first kappa shape index (κ1) is 13.3. The Morgan fingerprint density at radius 3 is 3.05 bits per heavy atom. The summed E-state index contributed by atoms with van der Waals surface area (Å²) >= 11 is 1.62. The van der Waals surface area contributed by atoms with Crippen LogP contribution < -0.4 is 0 Å². The van der Waals surface area contributed by atoms with E-state index in [0.717, 1.165) is 22.7 Å². The van der Waals surface area contributed by atoms with Crippen molar-refractivity contribution >= 4 is 17.3 Å². The molecule has 0 aliphatic heterocycles. The van der Waals surface area contributed by atoms with Crippen LogP contribution in [0.25, 0.3) is 0 Å². The largest absolute Gasteiger partial charge is 0.461 e. The highest BCUT2D eigenvalue weighted by atomic mass is 32.1. The van der Waals surface area contributed by atoms with Gasteiger partial charge in [0.2, 0.25) is 0 Å². The fourth-order valence-corrected chi connectivity index (χ4v) is 3.83. The van der Waals surface area contributed by atoms with E-state index in [4.69, 9.17) is 4.74 Å². The molecule has 0 amide bonds. The summed E-state index contributed by atoms with van der Waals surface area (Å²) in [4.78, 5) is 17.4. The summed E-state index contributed by atoms with van der Waals surface area (Å²) < 4.78 is 5.06. The molecule has 0 fully saturated rings. The third-order valence-electron chi connectivity index (χ3n) is 3.71. The lowest BCUT2D eigenvalue weighted by atomic mass is 10.0. The fourth-order valence-electron chi connectivity index (χ4n) is 2.77. The van der Waals surface area contributed by atoms with Crippen LogP contribution in [-0.2, 0) is 11.2 Å². The predicted octanol–water partition coefficient (Wildman–Crippen LogP) is 3.71. The van der Waals surface area contributed by atoms with Gasteiger partial charge in [0, 0.05) is 10.8 Å². The van der Waals surface area contributed by atoms with Crippen molar-refractivity contribution in [3.63, 3.8) is 0 Å². The first-order chi connectivity index (χ1) is 9.70. The minimum Gasteiger partial charge on any atom is -0.461 e. The van der Waals surface area contributed by atoms with Gasteiger partial charge in [-0.3, -0.25) is 0 Å². The average molecular weight is 287 g/mol. The number of thiazole rings is 1. The third kappa shape index (κ3) is 2.24. The van der Waals surface area contributed by atoms with Crippen LogP contribution in [0.3, 0.4) is 0 Å². The van der Waals surface area contributed by atoms with Gasteiger partial charge in [-0.1, -0.05) is 24.3 Å². The highest BCUT2D eigenvalue weighted by Crippen LogP contribution is 2.40. The molecule has 104 valence electrons. The Labute approximate surface area is 122 Å². The maximum Gasteiger partial charge on any atom is 0.358 e. The van der Waals surface area contributed by atoms with Gasteiger partial charge in [-0.2, -0.15) is 0 Å². The van der Waals surface area contributed by atoms with E-state index in [1.54, 1.807) is 11.3 Å². The van der Waals surface area contributed by atoms with E-state index >= 15 is 0 Å². The maximum atomic E-state index is 11.9. The van der Waals surface area contributed by atoms with Crippen LogP contribution in [0.4, 0.5) is 0 Å². The summed E-state index contributed by atoms with van der Waals surface area (Å²) in [7, 11) is 0. The molecule has 1 aromatic heterocycles. The molecule has 3 rings (SSSR count). The van der Waals surface area contributed by atoms with Crippen LogP contribution in [0.5, 0.6) is 0 Å². The van der Waals surface area contributed by atoms with Crippen LogP contribution in [0.15, 0.2) is 24.3 Å². The molecule has 0 saturated carbocycles. The monoisotopic (exact) mass is 287 g/mol. The van der Waals surface area contributed by atoms with Crippen molar-refractivity contribution in [3.05, 3.63) is 51.0 Å². The van der Waals surface area contributed by atoms with Crippen molar-refractivity contribution < 1.29 is 9.53 Å². The van der Waals surface area contributed by atoms with Crippen molar-refractivity contribution in [1.29, 1.82) is 0 Å². The molecular formula is C16H17NO2S. The molecule has 0 spiro atoms. The highest BCUT2D eigenvalue weighted by molar-refractivity contribution is 7.12. The number of rotatable bonds is 3. The minimum atomic E-state index is -0.307. The number of carbonyl (C=O) groups is 1. The van der Waals surface area contributed by atoms with E-state index in [-0.39, 0.29) is 5.97 Å². The summed E-state index contributed by atoms with van der Waals surface area (Å²) in [6, 6.07) is 8.51. The summed E-state index contributed by atoms with van der Waals surface area (Å²) in [5.41, 5.74) is 3.25. The Morgan fingerprint density at radius 1 is 1.45 bits per heavy atom. The highest BCUT2D eigenvalue weighted by Gasteiger charge is 2.28. The number of aromatic nitrogens is 1. The molecule has 0 bridgehead atoms. The molecule has 1 atom stereocenters. The molecule has 3 nitrogen and oxygen atoms in total. The first-order valence-electron chi connectivity index (χ1n) is 6.93. The van der Waals surface area contributed by atoms with Crippen LogP contribution >= 0.6 is 11.3 Å². The number of ether oxygens (including phenoxy) is 1. The maximum absolute atomic E-state index is 11.9. The zero-order chi connectivity index (χ0) is 14.1. The van der Waals surface area contributed by atoms with Gasteiger partial charge in [0.1, 0.15) is 5.01 Å². The minimum absolute atomic E-state index is 0.307. The molecule has 0 saturated heterocycles. The van der Waals surface area contributed by atoms with Gasteiger partial charge in [0.05, 0.1) is 6.61 Å². The topological polar surface area (TPSA) is 39.2 Å². The van der Waals surface area contributed by atoms with E-state index < -0.39 is 0 Å². The number of esters is 1. The lowest BCUT2D eigenvalue weighted by Gasteiger charge is -2.07. The van der Waals surface area contributed by atoms with Gasteiger partial charge in [-0.25, -0.2) is 9.78 Å². The summed E-state index contributed by atoms with van der Waals surface area (Å²) in [5.74, 6) is 0.0249. The molecule has 1 aromatic carbocycles. The smallest absolute Gasteiger partial charge is 0.358 e. The lowest BCUT2D eigenvalue weighted by Crippen LogP contribution is -2.07. The Kier molecular flexibility index (Phi) is 3.57. The second-order valence-electron chi connectivity index (χ2n) is 4.97. The molecule has 1 aliphatic rings. The Morgan fingerprint density at radius 2 is 2.25 bits per heavy atom. The molecule has 0 radical (unpaired) electrons. The van der Waals surface area contributed by atoms with E-state index in [1.807, 2.05) is 13.8 Å². The van der Waals surface area contributed by atoms with Crippen LogP contribution in [0, 0.1) is 6.92 Å². The number of nitrogens with zero attached hydrogens (tertiary/aromatic N) is 1. The Balaban J connectivity index is 1.93. The van der Waals surface area contributed by atoms with E-state index in [1.165, 1.54) is 11.1 Å². The number of hydrogen-bond acceptors (Lipinski definition) is 4. The van der Waals surface area contributed by atoms with Crippen LogP contribution in [0.1, 0.15) is 50.8 Å². The second kappa shape index (κ2) is 5.37. The number of carbonyl (C=O) groups excluding carboxylic acids is 1. The zero-order valence-electron chi connectivity index (χ0n) is 11.7. The molecule has 1 aliphatic carbocycles. The van der Waals surface area contributed by atoms with Crippen molar-refractivity contribution in [2.45, 2.75) is 32.6 Å². The van der Waals surface area contributed by atoms with Gasteiger partial charge >= 0.3 is 5.97 Å². The summed E-state index contributed by atoms with van der Waals surface area (Å²) in [6.07, 6.45) is 2.17. The zero-order valence-corrected chi connectivity index (χ0v) is 12.5. The van der Waals surface area contributed by atoms with E-state index in [9.17, 15) is 4.79 Å². The van der Waals surface area contributed by atoms with Gasteiger partial charge < -0.3 is 4.74 Å². The van der Waals surface area contributed by atoms with Crippen LogP contribution in [0.2, 0.25) is 0 Å². The van der Waals surface area contributed by atoms with Crippen molar-refractivity contribution in [1.82, 2.24) is 4.98 Å². The molecule has 1 heterocycles. The lowest BCUT2D eigenvalue weighted by molar-refractivity contribution is 0.0519. The fraction of sp³-hybridized carbons (Fsp3) is 0.375. The van der Waals surface area contributed by atoms with Crippen molar-refractivity contribution in [2.75, 3.05) is 6.61 Å². The quantitative estimate of drug-likeness (QED) is 0.808. The molecule has 4 heteroatoms. The SMILES string of the molecule is CCOC(=O)c1nc(C2CCc3ccccc32)sc1C. The summed E-state index contributed by atoms with van der Waals surface area (Å²) in [5, 5.41) is 1.04. The molecule has 0 N–H and O–H groups in total. The second-order valence-corrected chi connectivity index (χ2v) is 6.20. The third-order valence-corrected chi connectivity index (χ3v) is 4.80. The molecule has 2 aromatic rings. The number of aryl methyl sites for hydroxylation is 2. The standard InChI is InChI=1S/C16H17NO2S/c1-3-19-16(18)14-10(2)20-15(17-14)13-9-8-11-6-4-5-7-12(11)13/h4-7,13H,3,8-9H2,1-2H3. The van der Waals surface area contributed by atoms with E-state index in [2.05, 4.69) is 29.2 Å². The van der Waals surface area contributed by atoms with E-state index in [0.29, 0.717) is 18.2 Å². The Bertz CT molecular complexity index is 648. The number of hydrogen-bond donors (Lipinski definition) is 0. The van der Waals surface area contributed by atoms with Gasteiger partial charge in [-0.15, -0.1) is 11.3 Å². The summed E-state index contributed by atoms with van der Waals surface area (Å²) in [6.45, 7) is 4.14. The normalized spacial score (nSPS) is 17.0. The average Bonchev–Trinajstić information content (AvgIpc) is 3.02. The molecule has 1 unspecified atom stereocenters. The predicted molar refractivity (Wildman–Crippen MR) is 79.4 cm³/mol. The van der Waals surface area contributed by atoms with Crippen LogP contribution in [-0.4, -0.2) is 17.6 Å². The van der Waals surface area contributed by atoms with Gasteiger partial charge in [0.25, 0.3) is 0 Å². The number of benzene rings is 1. The molecular weight excluding hydrogens is 270 g/mol. The van der Waals surface area contributed by atoms with Crippen molar-refractivity contribution in [3.8, 4) is 0 Å². The van der Waals surface area contributed by atoms with Crippen molar-refractivity contribution in [2.24, 2.45) is 0 Å². The van der Waals surface area contributed by atoms with Gasteiger partial charge in [0.15, 0.2) is 5.69 Å². The van der Waals surface area contributed by atoms with Gasteiger partial charge in [-0.05, 0) is 37.8 Å².